The number of carbonyl (C=O) groups excluding carboxylic acids is 3. The molecule has 0 aliphatic carbocycles. The third-order valence-corrected chi connectivity index (χ3v) is 5.30. The first-order valence-corrected chi connectivity index (χ1v) is 9.26. The highest BCUT2D eigenvalue weighted by Crippen LogP contribution is 2.32. The molecule has 0 atom stereocenters. The molecule has 0 saturated heterocycles. The number of hydrogen-bond donors (Lipinski definition) is 1. The van der Waals surface area contributed by atoms with E-state index >= 15 is 0 Å². The summed E-state index contributed by atoms with van der Waals surface area (Å²) in [5.74, 6) is -2.28. The van der Waals surface area contributed by atoms with Crippen molar-refractivity contribution in [1.82, 2.24) is 4.98 Å². The fourth-order valence-electron chi connectivity index (χ4n) is 3.14. The zero-order chi connectivity index (χ0) is 20.0. The van der Waals surface area contributed by atoms with Crippen LogP contribution in [-0.4, -0.2) is 22.7 Å². The first-order chi connectivity index (χ1) is 13.4. The highest BCUT2D eigenvalue weighted by atomic mass is 32.1. The van der Waals surface area contributed by atoms with Gasteiger partial charge < -0.3 is 5.32 Å². The lowest BCUT2D eigenvalue weighted by molar-refractivity contribution is 0.0924. The second kappa shape index (κ2) is 6.65. The predicted molar refractivity (Wildman–Crippen MR) is 104 cm³/mol. The number of imide groups is 1. The molecule has 0 saturated carbocycles. The van der Waals surface area contributed by atoms with Gasteiger partial charge in [0.15, 0.2) is 0 Å². The summed E-state index contributed by atoms with van der Waals surface area (Å²) in [4.78, 5) is 43.2. The van der Waals surface area contributed by atoms with E-state index in [9.17, 15) is 18.8 Å². The van der Waals surface area contributed by atoms with Gasteiger partial charge >= 0.3 is 0 Å². The minimum Gasteiger partial charge on any atom is -0.318 e. The van der Waals surface area contributed by atoms with E-state index in [1.807, 2.05) is 0 Å². The van der Waals surface area contributed by atoms with E-state index in [1.54, 1.807) is 32.0 Å². The lowest BCUT2D eigenvalue weighted by Gasteiger charge is -2.15. The Kier molecular flexibility index (Phi) is 4.27. The number of rotatable bonds is 3. The maximum Gasteiger partial charge on any atom is 0.275 e. The number of amides is 3. The summed E-state index contributed by atoms with van der Waals surface area (Å²) in [5.41, 5.74) is 3.10. The van der Waals surface area contributed by atoms with Crippen molar-refractivity contribution in [3.05, 3.63) is 75.0 Å². The highest BCUT2D eigenvalue weighted by molar-refractivity contribution is 7.09. The van der Waals surface area contributed by atoms with Crippen LogP contribution in [0, 0.1) is 19.7 Å². The quantitative estimate of drug-likeness (QED) is 0.681. The zero-order valence-electron chi connectivity index (χ0n) is 14.9. The molecule has 140 valence electrons. The van der Waals surface area contributed by atoms with Crippen LogP contribution >= 0.6 is 11.3 Å². The molecule has 1 N–H and O–H groups in total. The van der Waals surface area contributed by atoms with Crippen LogP contribution in [-0.2, 0) is 0 Å². The molecule has 0 fully saturated rings. The van der Waals surface area contributed by atoms with E-state index in [0.717, 1.165) is 15.8 Å². The molecule has 1 aliphatic heterocycles. The third kappa shape index (κ3) is 2.78. The minimum absolute atomic E-state index is 0.0612. The molecule has 0 unspecified atom stereocenters. The molecule has 6 nitrogen and oxygen atoms in total. The van der Waals surface area contributed by atoms with Crippen molar-refractivity contribution in [3.8, 4) is 0 Å². The molecule has 4 rings (SSSR count). The third-order valence-electron chi connectivity index (χ3n) is 4.54. The number of anilines is 2. The van der Waals surface area contributed by atoms with Crippen LogP contribution in [0.5, 0.6) is 0 Å². The van der Waals surface area contributed by atoms with Crippen molar-refractivity contribution in [2.75, 3.05) is 10.2 Å². The van der Waals surface area contributed by atoms with Gasteiger partial charge in [-0.2, -0.15) is 0 Å². The van der Waals surface area contributed by atoms with E-state index in [0.29, 0.717) is 16.7 Å². The summed E-state index contributed by atoms with van der Waals surface area (Å²) >= 11 is 1.32. The van der Waals surface area contributed by atoms with Gasteiger partial charge in [-0.25, -0.2) is 14.3 Å². The molecule has 28 heavy (non-hydrogen) atoms. The van der Waals surface area contributed by atoms with Crippen molar-refractivity contribution >= 4 is 40.4 Å². The summed E-state index contributed by atoms with van der Waals surface area (Å²) < 4.78 is 14.6. The molecule has 0 spiro atoms. The van der Waals surface area contributed by atoms with Crippen LogP contribution in [0.3, 0.4) is 0 Å². The molecule has 8 heteroatoms. The van der Waals surface area contributed by atoms with E-state index < -0.39 is 23.5 Å². The summed E-state index contributed by atoms with van der Waals surface area (Å²) in [7, 11) is 0. The topological polar surface area (TPSA) is 79.4 Å². The molecule has 3 amide bonds. The normalized spacial score (nSPS) is 13.0. The Hall–Kier alpha value is -3.39. The van der Waals surface area contributed by atoms with Gasteiger partial charge in [0, 0.05) is 10.9 Å². The number of hydrogen-bond acceptors (Lipinski definition) is 5. The smallest absolute Gasteiger partial charge is 0.275 e. The summed E-state index contributed by atoms with van der Waals surface area (Å²) in [6.07, 6.45) is 0. The highest BCUT2D eigenvalue weighted by Gasteiger charge is 2.37. The zero-order valence-corrected chi connectivity index (χ0v) is 15.8. The molecular weight excluding hydrogens is 381 g/mol. The SMILES string of the molecule is Cc1cccc2c1C(=O)N(c1ccc(NC(=O)c3ncsc3C)c(F)c1)C2=O. The van der Waals surface area contributed by atoms with E-state index in [-0.39, 0.29) is 17.1 Å². The fraction of sp³-hybridized carbons (Fsp3) is 0.100. The van der Waals surface area contributed by atoms with E-state index in [4.69, 9.17) is 0 Å². The van der Waals surface area contributed by atoms with Crippen LogP contribution in [0.25, 0.3) is 0 Å². The van der Waals surface area contributed by atoms with Gasteiger partial charge in [0.2, 0.25) is 0 Å². The number of aryl methyl sites for hydroxylation is 2. The van der Waals surface area contributed by atoms with Gasteiger partial charge in [-0.3, -0.25) is 14.4 Å². The Morgan fingerprint density at radius 3 is 2.57 bits per heavy atom. The molecule has 2 aromatic carbocycles. The Morgan fingerprint density at radius 2 is 1.93 bits per heavy atom. The van der Waals surface area contributed by atoms with Crippen LogP contribution in [0.2, 0.25) is 0 Å². The maximum atomic E-state index is 14.6. The number of fused-ring (bicyclic) bond motifs is 1. The van der Waals surface area contributed by atoms with Crippen LogP contribution in [0.1, 0.15) is 41.6 Å². The number of carbonyl (C=O) groups is 3. The Balaban J connectivity index is 1.63. The summed E-state index contributed by atoms with van der Waals surface area (Å²) in [6.45, 7) is 3.49. The number of thiazole rings is 1. The second-order valence-electron chi connectivity index (χ2n) is 6.32. The van der Waals surface area contributed by atoms with Gasteiger partial charge in [0.1, 0.15) is 11.5 Å². The fourth-order valence-corrected chi connectivity index (χ4v) is 3.71. The number of halogens is 1. The predicted octanol–water partition coefficient (Wildman–Crippen LogP) is 3.95. The van der Waals surface area contributed by atoms with Gasteiger partial charge in [-0.15, -0.1) is 11.3 Å². The largest absolute Gasteiger partial charge is 0.318 e. The van der Waals surface area contributed by atoms with Crippen molar-refractivity contribution in [2.45, 2.75) is 13.8 Å². The van der Waals surface area contributed by atoms with Crippen LogP contribution < -0.4 is 10.2 Å². The second-order valence-corrected chi connectivity index (χ2v) is 7.38. The lowest BCUT2D eigenvalue weighted by atomic mass is 10.0. The van der Waals surface area contributed by atoms with Crippen LogP contribution in [0.15, 0.2) is 41.9 Å². The Morgan fingerprint density at radius 1 is 1.14 bits per heavy atom. The number of benzene rings is 2. The lowest BCUT2D eigenvalue weighted by Crippen LogP contribution is -2.29. The standard InChI is InChI=1S/C20H14FN3O3S/c1-10-4-3-5-13-16(10)20(27)24(19(13)26)12-6-7-15(14(21)8-12)23-18(25)17-11(2)28-9-22-17/h3-9H,1-2H3,(H,23,25). The number of nitrogens with zero attached hydrogens (tertiary/aromatic N) is 2. The molecular formula is C20H14FN3O3S. The summed E-state index contributed by atoms with van der Waals surface area (Å²) in [6, 6.07) is 8.81. The van der Waals surface area contributed by atoms with Gasteiger partial charge in [-0.1, -0.05) is 12.1 Å². The van der Waals surface area contributed by atoms with Gasteiger partial charge in [0.05, 0.1) is 28.0 Å². The summed E-state index contributed by atoms with van der Waals surface area (Å²) in [5, 5.41) is 2.46. The van der Waals surface area contributed by atoms with Crippen LogP contribution in [0.4, 0.5) is 15.8 Å². The van der Waals surface area contributed by atoms with E-state index in [2.05, 4.69) is 10.3 Å². The van der Waals surface area contributed by atoms with Crippen molar-refractivity contribution < 1.29 is 18.8 Å². The van der Waals surface area contributed by atoms with Gasteiger partial charge in [0.25, 0.3) is 17.7 Å². The molecule has 1 aliphatic rings. The average Bonchev–Trinajstić information content (AvgIpc) is 3.19. The first kappa shape index (κ1) is 18.0. The monoisotopic (exact) mass is 395 g/mol. The van der Waals surface area contributed by atoms with E-state index in [1.165, 1.54) is 29.0 Å². The molecule has 2 heterocycles. The minimum atomic E-state index is -0.757. The first-order valence-electron chi connectivity index (χ1n) is 8.38. The molecule has 1 aromatic heterocycles. The van der Waals surface area contributed by atoms with Crippen molar-refractivity contribution in [1.29, 1.82) is 0 Å². The maximum absolute atomic E-state index is 14.6. The number of aromatic nitrogens is 1. The van der Waals surface area contributed by atoms with Crippen molar-refractivity contribution in [2.24, 2.45) is 0 Å². The average molecular weight is 395 g/mol. The Labute approximate surface area is 163 Å². The molecule has 0 bridgehead atoms. The molecule has 3 aromatic rings. The van der Waals surface area contributed by atoms with Gasteiger partial charge in [-0.05, 0) is 37.6 Å². The Bertz CT molecular complexity index is 1160. The molecule has 0 radical (unpaired) electrons. The number of nitrogens with one attached hydrogen (secondary N) is 1. The van der Waals surface area contributed by atoms with Crippen molar-refractivity contribution in [3.63, 3.8) is 0 Å².